The predicted octanol–water partition coefficient (Wildman–Crippen LogP) is 4.59. The van der Waals surface area contributed by atoms with Crippen LogP contribution < -0.4 is 5.32 Å². The summed E-state index contributed by atoms with van der Waals surface area (Å²) in [7, 11) is 0. The lowest BCUT2D eigenvalue weighted by Crippen LogP contribution is -2.32. The summed E-state index contributed by atoms with van der Waals surface area (Å²) in [5.74, 6) is 0.0343. The summed E-state index contributed by atoms with van der Waals surface area (Å²) in [6.45, 7) is 0. The maximum atomic E-state index is 12.9. The summed E-state index contributed by atoms with van der Waals surface area (Å²) >= 11 is 0. The van der Waals surface area contributed by atoms with Crippen LogP contribution in [0, 0.1) is 0 Å². The number of aromatic nitrogens is 3. The van der Waals surface area contributed by atoms with Crippen molar-refractivity contribution in [2.45, 2.75) is 63.5 Å². The molecule has 5 heteroatoms. The molecule has 2 fully saturated rings. The highest BCUT2D eigenvalue weighted by molar-refractivity contribution is 6.02. The Labute approximate surface area is 159 Å². The van der Waals surface area contributed by atoms with Gasteiger partial charge in [-0.15, -0.1) is 0 Å². The zero-order valence-electron chi connectivity index (χ0n) is 15.6. The molecule has 0 spiro atoms. The Bertz CT molecular complexity index is 958. The Kier molecular flexibility index (Phi) is 4.23. The number of nitrogens with one attached hydrogen (secondary N) is 1. The molecular weight excluding hydrogens is 336 g/mol. The third-order valence-corrected chi connectivity index (χ3v) is 6.18. The van der Waals surface area contributed by atoms with E-state index in [0.29, 0.717) is 12.1 Å². The molecule has 3 heterocycles. The van der Waals surface area contributed by atoms with Crippen molar-refractivity contribution in [3.8, 4) is 11.4 Å². The van der Waals surface area contributed by atoms with E-state index in [1.807, 2.05) is 30.5 Å². The quantitative estimate of drug-likeness (QED) is 0.738. The molecule has 0 saturated heterocycles. The van der Waals surface area contributed by atoms with Gasteiger partial charge in [-0.2, -0.15) is 5.10 Å². The lowest BCUT2D eigenvalue weighted by atomic mass is 10.2. The standard InChI is InChI=1S/C22H26N4O/c27-22(23-16-7-1-2-8-16)18-15-21(25-13-6-5-11-20(18)25)19-12-14-26(24-19)17-9-3-4-10-17/h5-6,11-17H,1-4,7-10H2,(H,23,27). The molecule has 1 N–H and O–H groups in total. The number of hydrogen-bond donors (Lipinski definition) is 1. The highest BCUT2D eigenvalue weighted by Gasteiger charge is 2.23. The largest absolute Gasteiger partial charge is 0.349 e. The van der Waals surface area contributed by atoms with Crippen LogP contribution in [0.2, 0.25) is 0 Å². The van der Waals surface area contributed by atoms with Crippen molar-refractivity contribution >= 4 is 11.4 Å². The molecule has 2 aliphatic carbocycles. The van der Waals surface area contributed by atoms with Gasteiger partial charge in [0.25, 0.3) is 5.91 Å². The summed E-state index contributed by atoms with van der Waals surface area (Å²) in [5.41, 5.74) is 3.60. The van der Waals surface area contributed by atoms with Gasteiger partial charge in [0, 0.05) is 18.4 Å². The second-order valence-corrected chi connectivity index (χ2v) is 7.97. The van der Waals surface area contributed by atoms with Gasteiger partial charge >= 0.3 is 0 Å². The number of nitrogens with zero attached hydrogens (tertiary/aromatic N) is 3. The van der Waals surface area contributed by atoms with Gasteiger partial charge in [0.2, 0.25) is 0 Å². The van der Waals surface area contributed by atoms with E-state index in [1.165, 1.54) is 38.5 Å². The minimum Gasteiger partial charge on any atom is -0.349 e. The Balaban J connectivity index is 1.50. The molecule has 0 atom stereocenters. The maximum absolute atomic E-state index is 12.9. The molecule has 0 radical (unpaired) electrons. The molecule has 0 aromatic carbocycles. The SMILES string of the molecule is O=C(NC1CCCC1)c1cc(-c2ccn(C3CCCC3)n2)n2ccccc12. The van der Waals surface area contributed by atoms with Gasteiger partial charge in [-0.25, -0.2) is 0 Å². The van der Waals surface area contributed by atoms with E-state index in [-0.39, 0.29) is 5.91 Å². The second-order valence-electron chi connectivity index (χ2n) is 7.97. The number of fused-ring (bicyclic) bond motifs is 1. The number of hydrogen-bond acceptors (Lipinski definition) is 2. The predicted molar refractivity (Wildman–Crippen MR) is 106 cm³/mol. The fourth-order valence-corrected chi connectivity index (χ4v) is 4.71. The van der Waals surface area contributed by atoms with Gasteiger partial charge in [-0.3, -0.25) is 9.48 Å². The van der Waals surface area contributed by atoms with Gasteiger partial charge in [0.05, 0.1) is 22.8 Å². The van der Waals surface area contributed by atoms with Crippen LogP contribution in [0.5, 0.6) is 0 Å². The highest BCUT2D eigenvalue weighted by atomic mass is 16.1. The summed E-state index contributed by atoms with van der Waals surface area (Å²) in [6.07, 6.45) is 13.7. The Morgan fingerprint density at radius 2 is 1.78 bits per heavy atom. The molecule has 3 aromatic heterocycles. The summed E-state index contributed by atoms with van der Waals surface area (Å²) < 4.78 is 4.20. The van der Waals surface area contributed by atoms with Crippen LogP contribution in [0.3, 0.4) is 0 Å². The summed E-state index contributed by atoms with van der Waals surface area (Å²) in [6, 6.07) is 10.9. The van der Waals surface area contributed by atoms with E-state index < -0.39 is 0 Å². The van der Waals surface area contributed by atoms with Crippen molar-refractivity contribution < 1.29 is 4.79 Å². The zero-order valence-corrected chi connectivity index (χ0v) is 15.6. The first-order valence-electron chi connectivity index (χ1n) is 10.3. The van der Waals surface area contributed by atoms with E-state index in [0.717, 1.165) is 35.3 Å². The van der Waals surface area contributed by atoms with Crippen molar-refractivity contribution in [3.63, 3.8) is 0 Å². The second kappa shape index (κ2) is 6.87. The van der Waals surface area contributed by atoms with Gasteiger partial charge in [-0.1, -0.05) is 31.7 Å². The van der Waals surface area contributed by atoms with Crippen LogP contribution in [0.1, 0.15) is 67.8 Å². The molecular formula is C22H26N4O. The first kappa shape index (κ1) is 16.6. The lowest BCUT2D eigenvalue weighted by molar-refractivity contribution is 0.0939. The molecule has 5 rings (SSSR count). The van der Waals surface area contributed by atoms with Crippen LogP contribution in [0.15, 0.2) is 42.7 Å². The number of pyridine rings is 1. The van der Waals surface area contributed by atoms with Crippen LogP contribution in [-0.4, -0.2) is 26.1 Å². The number of amides is 1. The average molecular weight is 362 g/mol. The van der Waals surface area contributed by atoms with Crippen molar-refractivity contribution in [1.29, 1.82) is 0 Å². The van der Waals surface area contributed by atoms with E-state index in [2.05, 4.69) is 26.7 Å². The van der Waals surface area contributed by atoms with Crippen molar-refractivity contribution in [2.75, 3.05) is 0 Å². The Morgan fingerprint density at radius 1 is 1.00 bits per heavy atom. The molecule has 27 heavy (non-hydrogen) atoms. The summed E-state index contributed by atoms with van der Waals surface area (Å²) in [5, 5.41) is 8.08. The van der Waals surface area contributed by atoms with Crippen LogP contribution in [0.4, 0.5) is 0 Å². The Hall–Kier alpha value is -2.56. The van der Waals surface area contributed by atoms with E-state index in [1.54, 1.807) is 0 Å². The summed E-state index contributed by atoms with van der Waals surface area (Å²) in [4.78, 5) is 12.9. The minimum atomic E-state index is 0.0343. The monoisotopic (exact) mass is 362 g/mol. The molecule has 1 amide bonds. The van der Waals surface area contributed by atoms with E-state index in [9.17, 15) is 4.79 Å². The molecule has 0 unspecified atom stereocenters. The molecule has 2 saturated carbocycles. The third-order valence-electron chi connectivity index (χ3n) is 6.18. The molecule has 0 aliphatic heterocycles. The first-order valence-corrected chi connectivity index (χ1v) is 10.3. The molecule has 2 aliphatic rings. The minimum absolute atomic E-state index is 0.0343. The fourth-order valence-electron chi connectivity index (χ4n) is 4.71. The van der Waals surface area contributed by atoms with Crippen molar-refractivity contribution in [3.05, 3.63) is 48.3 Å². The fraction of sp³-hybridized carbons (Fsp3) is 0.455. The lowest BCUT2D eigenvalue weighted by Gasteiger charge is -2.11. The third kappa shape index (κ3) is 3.05. The van der Waals surface area contributed by atoms with Gasteiger partial charge in [-0.05, 0) is 49.9 Å². The first-order chi connectivity index (χ1) is 13.3. The zero-order chi connectivity index (χ0) is 18.2. The van der Waals surface area contributed by atoms with Crippen molar-refractivity contribution in [1.82, 2.24) is 19.5 Å². The topological polar surface area (TPSA) is 51.3 Å². The highest BCUT2D eigenvalue weighted by Crippen LogP contribution is 2.31. The molecule has 0 bridgehead atoms. The van der Waals surface area contributed by atoms with Crippen LogP contribution in [0.25, 0.3) is 16.9 Å². The van der Waals surface area contributed by atoms with Crippen LogP contribution in [-0.2, 0) is 0 Å². The average Bonchev–Trinajstić information content (AvgIpc) is 3.46. The maximum Gasteiger partial charge on any atom is 0.253 e. The van der Waals surface area contributed by atoms with E-state index >= 15 is 0 Å². The van der Waals surface area contributed by atoms with E-state index in [4.69, 9.17) is 5.10 Å². The molecule has 5 nitrogen and oxygen atoms in total. The van der Waals surface area contributed by atoms with Gasteiger partial charge in [0.15, 0.2) is 0 Å². The number of rotatable bonds is 4. The smallest absolute Gasteiger partial charge is 0.253 e. The number of carbonyl (C=O) groups is 1. The number of carbonyl (C=O) groups excluding carboxylic acids is 1. The Morgan fingerprint density at radius 3 is 2.59 bits per heavy atom. The van der Waals surface area contributed by atoms with Gasteiger partial charge < -0.3 is 9.72 Å². The molecule has 3 aromatic rings. The van der Waals surface area contributed by atoms with Crippen molar-refractivity contribution in [2.24, 2.45) is 0 Å². The van der Waals surface area contributed by atoms with Crippen LogP contribution >= 0.6 is 0 Å². The normalized spacial score (nSPS) is 18.5. The van der Waals surface area contributed by atoms with Gasteiger partial charge in [0.1, 0.15) is 5.69 Å². The molecule has 140 valence electrons.